The van der Waals surface area contributed by atoms with Crippen LogP contribution in [0.2, 0.25) is 0 Å². The van der Waals surface area contributed by atoms with Gasteiger partial charge in [0.25, 0.3) is 10.0 Å². The second-order valence-electron chi connectivity index (χ2n) is 2.30. The summed E-state index contributed by atoms with van der Waals surface area (Å²) in [5, 5.41) is 0. The lowest BCUT2D eigenvalue weighted by atomic mass is 10.4. The van der Waals surface area contributed by atoms with Crippen molar-refractivity contribution in [3.63, 3.8) is 0 Å². The maximum atomic E-state index is 11.5. The summed E-state index contributed by atoms with van der Waals surface area (Å²) in [5.74, 6) is 0. The molecule has 0 bridgehead atoms. The Kier molecular flexibility index (Phi) is 3.02. The molecule has 71 valence electrons. The fourth-order valence-corrected chi connectivity index (χ4v) is 1.74. The smallest absolute Gasteiger partial charge is 0.265 e. The molecule has 1 radical (unpaired) electrons. The molecule has 13 heavy (non-hydrogen) atoms. The zero-order valence-electron chi connectivity index (χ0n) is 7.17. The van der Waals surface area contributed by atoms with Gasteiger partial charge in [-0.05, 0) is 12.1 Å². The second kappa shape index (κ2) is 3.87. The van der Waals surface area contributed by atoms with E-state index in [0.29, 0.717) is 4.47 Å². The van der Waals surface area contributed by atoms with Crippen LogP contribution in [0, 0.1) is 7.05 Å². The molecule has 1 aromatic rings. The van der Waals surface area contributed by atoms with Crippen LogP contribution in [-0.2, 0) is 14.9 Å². The summed E-state index contributed by atoms with van der Waals surface area (Å²) in [4.78, 5) is 4.66. The van der Waals surface area contributed by atoms with Gasteiger partial charge >= 0.3 is 0 Å². The molecule has 0 saturated heterocycles. The second-order valence-corrected chi connectivity index (χ2v) is 4.13. The SMILES string of the molecule is [CH2]N(OC)S(=O)(=O)c1ccccc1. The van der Waals surface area contributed by atoms with E-state index in [4.69, 9.17) is 0 Å². The van der Waals surface area contributed by atoms with E-state index in [1.165, 1.54) is 19.2 Å². The van der Waals surface area contributed by atoms with Gasteiger partial charge in [0, 0.05) is 0 Å². The molecule has 4 nitrogen and oxygen atoms in total. The summed E-state index contributed by atoms with van der Waals surface area (Å²) >= 11 is 0. The van der Waals surface area contributed by atoms with Crippen LogP contribution < -0.4 is 0 Å². The lowest BCUT2D eigenvalue weighted by Crippen LogP contribution is -2.23. The Morgan fingerprint density at radius 3 is 2.31 bits per heavy atom. The molecule has 1 rings (SSSR count). The molecular formula is C8H10NO3S. The van der Waals surface area contributed by atoms with E-state index in [9.17, 15) is 8.42 Å². The molecule has 0 aromatic heterocycles. The first-order valence-electron chi connectivity index (χ1n) is 3.54. The molecule has 5 heteroatoms. The minimum Gasteiger partial charge on any atom is -0.287 e. The highest BCUT2D eigenvalue weighted by molar-refractivity contribution is 7.89. The quantitative estimate of drug-likeness (QED) is 0.685. The number of sulfonamides is 1. The van der Waals surface area contributed by atoms with Gasteiger partial charge in [-0.15, -0.1) is 0 Å². The Bertz CT molecular complexity index is 360. The average molecular weight is 200 g/mol. The van der Waals surface area contributed by atoms with E-state index >= 15 is 0 Å². The zero-order valence-corrected chi connectivity index (χ0v) is 7.99. The highest BCUT2D eigenvalue weighted by Crippen LogP contribution is 2.13. The van der Waals surface area contributed by atoms with Crippen molar-refractivity contribution in [2.75, 3.05) is 7.11 Å². The fourth-order valence-electron chi connectivity index (χ4n) is 0.808. The first-order chi connectivity index (χ1) is 6.09. The van der Waals surface area contributed by atoms with Gasteiger partial charge in [-0.1, -0.05) is 22.7 Å². The molecule has 0 amide bonds. The molecule has 0 aliphatic heterocycles. The molecule has 0 N–H and O–H groups in total. The molecule has 0 aliphatic carbocycles. The minimum absolute atomic E-state index is 0.159. The molecule has 0 saturated carbocycles. The van der Waals surface area contributed by atoms with Crippen molar-refractivity contribution in [2.24, 2.45) is 0 Å². The minimum atomic E-state index is -3.59. The van der Waals surface area contributed by atoms with Crippen molar-refractivity contribution in [2.45, 2.75) is 4.90 Å². The molecule has 0 spiro atoms. The van der Waals surface area contributed by atoms with Gasteiger partial charge in [0.05, 0.1) is 19.1 Å². The van der Waals surface area contributed by atoms with E-state index in [-0.39, 0.29) is 4.90 Å². The van der Waals surface area contributed by atoms with Gasteiger partial charge < -0.3 is 0 Å². The molecule has 0 aliphatic rings. The number of nitrogens with zero attached hydrogens (tertiary/aromatic N) is 1. The normalized spacial score (nSPS) is 11.9. The Balaban J connectivity index is 3.09. The third-order valence-corrected chi connectivity index (χ3v) is 3.07. The van der Waals surface area contributed by atoms with Crippen LogP contribution in [0.4, 0.5) is 0 Å². The van der Waals surface area contributed by atoms with Gasteiger partial charge in [-0.3, -0.25) is 4.84 Å². The fraction of sp³-hybridized carbons (Fsp3) is 0.125. The van der Waals surface area contributed by atoms with E-state index in [1.807, 2.05) is 0 Å². The topological polar surface area (TPSA) is 46.6 Å². The zero-order chi connectivity index (χ0) is 9.90. The van der Waals surface area contributed by atoms with Crippen molar-refractivity contribution in [3.05, 3.63) is 37.4 Å². The number of hydroxylamine groups is 1. The Labute approximate surface area is 77.7 Å². The summed E-state index contributed by atoms with van der Waals surface area (Å²) in [5.41, 5.74) is 0. The summed E-state index contributed by atoms with van der Waals surface area (Å²) in [6.07, 6.45) is 0. The molecule has 0 unspecified atom stereocenters. The van der Waals surface area contributed by atoms with Crippen LogP contribution in [-0.4, -0.2) is 20.0 Å². The van der Waals surface area contributed by atoms with Gasteiger partial charge in [-0.2, -0.15) is 0 Å². The first-order valence-corrected chi connectivity index (χ1v) is 4.98. The lowest BCUT2D eigenvalue weighted by molar-refractivity contribution is -0.00916. The van der Waals surface area contributed by atoms with E-state index in [2.05, 4.69) is 11.9 Å². The maximum Gasteiger partial charge on any atom is 0.265 e. The molecule has 0 heterocycles. The predicted octanol–water partition coefficient (Wildman–Crippen LogP) is 1.03. The largest absolute Gasteiger partial charge is 0.287 e. The van der Waals surface area contributed by atoms with Crippen LogP contribution in [0.5, 0.6) is 0 Å². The molecular weight excluding hydrogens is 190 g/mol. The molecule has 1 aromatic carbocycles. The predicted molar refractivity (Wildman–Crippen MR) is 47.8 cm³/mol. The number of hydrogen-bond acceptors (Lipinski definition) is 3. The van der Waals surface area contributed by atoms with Gasteiger partial charge in [0.2, 0.25) is 0 Å². The number of rotatable bonds is 3. The van der Waals surface area contributed by atoms with Crippen LogP contribution >= 0.6 is 0 Å². The number of hydrogen-bond donors (Lipinski definition) is 0. The number of benzene rings is 1. The van der Waals surface area contributed by atoms with Crippen molar-refractivity contribution >= 4 is 10.0 Å². The first kappa shape index (κ1) is 10.2. The van der Waals surface area contributed by atoms with Gasteiger partial charge in [0.1, 0.15) is 0 Å². The highest BCUT2D eigenvalue weighted by atomic mass is 32.2. The standard InChI is InChI=1S/C8H10NO3S/c1-9(12-2)13(10,11)8-6-4-3-5-7-8/h3-7H,1H2,2H3. The summed E-state index contributed by atoms with van der Waals surface area (Å²) < 4.78 is 23.6. The van der Waals surface area contributed by atoms with Crippen LogP contribution in [0.3, 0.4) is 0 Å². The molecule has 0 fully saturated rings. The van der Waals surface area contributed by atoms with Crippen LogP contribution in [0.15, 0.2) is 35.2 Å². The average Bonchev–Trinajstić information content (AvgIpc) is 2.18. The van der Waals surface area contributed by atoms with Crippen LogP contribution in [0.1, 0.15) is 0 Å². The van der Waals surface area contributed by atoms with Crippen molar-refractivity contribution in [1.82, 2.24) is 4.47 Å². The Morgan fingerprint density at radius 1 is 1.31 bits per heavy atom. The third-order valence-electron chi connectivity index (χ3n) is 1.51. The van der Waals surface area contributed by atoms with Crippen molar-refractivity contribution in [1.29, 1.82) is 0 Å². The molecule has 0 atom stereocenters. The maximum absolute atomic E-state index is 11.5. The van der Waals surface area contributed by atoms with Crippen LogP contribution in [0.25, 0.3) is 0 Å². The van der Waals surface area contributed by atoms with E-state index in [0.717, 1.165) is 0 Å². The van der Waals surface area contributed by atoms with E-state index < -0.39 is 10.0 Å². The van der Waals surface area contributed by atoms with Crippen molar-refractivity contribution < 1.29 is 13.3 Å². The summed E-state index contributed by atoms with van der Waals surface area (Å²) in [6.45, 7) is 0. The Hall–Kier alpha value is -0.910. The summed E-state index contributed by atoms with van der Waals surface area (Å²) in [6, 6.07) is 7.96. The monoisotopic (exact) mass is 200 g/mol. The van der Waals surface area contributed by atoms with Gasteiger partial charge in [0.15, 0.2) is 0 Å². The Morgan fingerprint density at radius 2 is 1.85 bits per heavy atom. The highest BCUT2D eigenvalue weighted by Gasteiger charge is 2.19. The third kappa shape index (κ3) is 2.06. The summed E-state index contributed by atoms with van der Waals surface area (Å²) in [7, 11) is 0.882. The lowest BCUT2D eigenvalue weighted by Gasteiger charge is -2.13. The van der Waals surface area contributed by atoms with Crippen molar-refractivity contribution in [3.8, 4) is 0 Å². The van der Waals surface area contributed by atoms with Gasteiger partial charge in [-0.25, -0.2) is 8.42 Å². The van der Waals surface area contributed by atoms with E-state index in [1.54, 1.807) is 18.2 Å².